The third-order valence-corrected chi connectivity index (χ3v) is 17.0. The van der Waals surface area contributed by atoms with Gasteiger partial charge in [-0.15, -0.1) is 0 Å². The Morgan fingerprint density at radius 3 is 1.84 bits per heavy atom. The number of aromatic hydroxyl groups is 1. The van der Waals surface area contributed by atoms with Gasteiger partial charge in [-0.25, -0.2) is 9.59 Å². The Morgan fingerprint density at radius 1 is 0.838 bits per heavy atom. The average Bonchev–Trinajstić information content (AvgIpc) is 4.11. The summed E-state index contributed by atoms with van der Waals surface area (Å²) >= 11 is 4.12. The lowest BCUT2D eigenvalue weighted by Crippen LogP contribution is -2.48. The van der Waals surface area contributed by atoms with E-state index in [-0.39, 0.29) is 35.9 Å². The lowest BCUT2D eigenvalue weighted by atomic mass is 9.98. The number of nitrogens with one attached hydrogen (secondary N) is 4. The average molecular weight is 1160 g/mol. The van der Waals surface area contributed by atoms with Crippen LogP contribution in [-0.2, 0) is 38.3 Å². The summed E-state index contributed by atoms with van der Waals surface area (Å²) in [5.41, 5.74) is 7.63. The molecule has 3 aliphatic heterocycles. The molecule has 0 spiro atoms. The molecule has 0 aromatic heterocycles. The number of phenolic OH excluding ortho intramolecular Hbond substituents is 1. The van der Waals surface area contributed by atoms with Crippen molar-refractivity contribution in [3.8, 4) is 5.75 Å². The van der Waals surface area contributed by atoms with Gasteiger partial charge in [0.2, 0.25) is 17.7 Å². The fraction of sp³-hybridized carbons (Fsp3) is 0.723. The van der Waals surface area contributed by atoms with Gasteiger partial charge in [-0.2, -0.15) is 30.2 Å². The van der Waals surface area contributed by atoms with Crippen LogP contribution in [0.25, 0.3) is 0 Å². The molecule has 27 heteroatoms. The van der Waals surface area contributed by atoms with E-state index >= 15 is 0 Å². The number of carboxylic acid groups (broad SMARTS) is 3. The van der Waals surface area contributed by atoms with Crippen molar-refractivity contribution < 1.29 is 80.8 Å². The number of halogens is 4. The van der Waals surface area contributed by atoms with Gasteiger partial charge in [0.1, 0.15) is 31.0 Å². The zero-order chi connectivity index (χ0) is 56.5. The van der Waals surface area contributed by atoms with E-state index in [0.717, 1.165) is 72.6 Å². The molecule has 1 aromatic rings. The predicted octanol–water partition coefficient (Wildman–Crippen LogP) is 7.25. The van der Waals surface area contributed by atoms with Gasteiger partial charge in [-0.3, -0.25) is 24.0 Å². The highest BCUT2D eigenvalue weighted by Crippen LogP contribution is 2.41. The number of thiol groups is 1. The van der Waals surface area contributed by atoms with Crippen molar-refractivity contribution in [2.24, 2.45) is 5.73 Å². The molecule has 3 aliphatic rings. The zero-order valence-electron chi connectivity index (χ0n) is 43.1. The van der Waals surface area contributed by atoms with Crippen molar-refractivity contribution in [2.75, 3.05) is 76.5 Å². The lowest BCUT2D eigenvalue weighted by molar-refractivity contribution is -0.870. The van der Waals surface area contributed by atoms with Crippen LogP contribution in [-0.4, -0.2) is 172 Å². The van der Waals surface area contributed by atoms with Crippen LogP contribution in [0.4, 0.5) is 23.2 Å². The number of amides is 3. The summed E-state index contributed by atoms with van der Waals surface area (Å²) in [6.45, 7) is 5.46. The normalized spacial score (nSPS) is 17.5. The molecule has 3 heterocycles. The molecule has 3 amide bonds. The second-order valence-electron chi connectivity index (χ2n) is 18.6. The van der Waals surface area contributed by atoms with Crippen molar-refractivity contribution in [3.63, 3.8) is 0 Å². The number of hydrogen-bond donors (Lipinski definition) is 10. The third-order valence-electron chi connectivity index (χ3n) is 10.6. The van der Waals surface area contributed by atoms with Gasteiger partial charge in [0.05, 0.1) is 21.1 Å². The topological polar surface area (TPSA) is 284 Å². The van der Waals surface area contributed by atoms with Gasteiger partial charge in [0, 0.05) is 92.6 Å². The summed E-state index contributed by atoms with van der Waals surface area (Å²) in [6, 6.07) is 3.77. The molecular formula is C47H79F4N6O12S5+. The molecule has 0 radical (unpaired) electrons. The molecule has 4 rings (SSSR count). The SMILES string of the molecule is CC(=O)NCCC1CNc2ccc(O)cc21.CC(F)(F)C(=O)O.CC(F)(F)C(=O)O.C[N+](C)(C)CCOC(=O)CCCCC1CCSS1.NC(CCCNC(=O)C(CS)NC(=O)CCCCC1CCSS1)C(=O)O. The van der Waals surface area contributed by atoms with Gasteiger partial charge in [0.25, 0.3) is 0 Å². The van der Waals surface area contributed by atoms with Crippen LogP contribution in [0.1, 0.15) is 116 Å². The van der Waals surface area contributed by atoms with Gasteiger partial charge in [-0.1, -0.05) is 56.0 Å². The number of aliphatic carboxylic acids is 3. The van der Waals surface area contributed by atoms with Crippen LogP contribution in [0.5, 0.6) is 5.75 Å². The van der Waals surface area contributed by atoms with E-state index in [4.69, 9.17) is 25.8 Å². The van der Waals surface area contributed by atoms with Crippen molar-refractivity contribution in [1.29, 1.82) is 0 Å². The van der Waals surface area contributed by atoms with Crippen LogP contribution in [0, 0.1) is 0 Å². The van der Waals surface area contributed by atoms with E-state index in [1.54, 1.807) is 12.1 Å². The van der Waals surface area contributed by atoms with Gasteiger partial charge < -0.3 is 56.6 Å². The molecule has 0 bridgehead atoms. The van der Waals surface area contributed by atoms with Crippen molar-refractivity contribution >= 4 is 103 Å². The molecule has 18 nitrogen and oxygen atoms in total. The highest BCUT2D eigenvalue weighted by Gasteiger charge is 2.32. The quantitative estimate of drug-likeness (QED) is 0.00831. The number of phenols is 1. The Bertz CT molecular complexity index is 1830. The van der Waals surface area contributed by atoms with E-state index in [0.29, 0.717) is 69.7 Å². The smallest absolute Gasteiger partial charge is 0.374 e. The Balaban J connectivity index is 0.000000975. The van der Waals surface area contributed by atoms with E-state index in [2.05, 4.69) is 55.0 Å². The largest absolute Gasteiger partial charge is 0.508 e. The lowest BCUT2D eigenvalue weighted by Gasteiger charge is -2.23. The minimum absolute atomic E-state index is 0.00193. The van der Waals surface area contributed by atoms with Crippen molar-refractivity contribution in [2.45, 2.75) is 145 Å². The highest BCUT2D eigenvalue weighted by atomic mass is 33.1. The number of fused-ring (bicyclic) bond motifs is 1. The Labute approximate surface area is 453 Å². The Kier molecular flexibility index (Phi) is 36.3. The van der Waals surface area contributed by atoms with Gasteiger partial charge in [-0.05, 0) is 81.5 Å². The van der Waals surface area contributed by atoms with Crippen LogP contribution in [0.15, 0.2) is 18.2 Å². The predicted molar refractivity (Wildman–Crippen MR) is 290 cm³/mol. The van der Waals surface area contributed by atoms with Crippen molar-refractivity contribution in [3.05, 3.63) is 23.8 Å². The zero-order valence-corrected chi connectivity index (χ0v) is 47.3. The number of hydrogen-bond acceptors (Lipinski definition) is 16. The van der Waals surface area contributed by atoms with Crippen LogP contribution >= 0.6 is 55.8 Å². The maximum atomic E-state index is 12.1. The number of likely N-dealkylation sites (N-methyl/N-ethyl adjacent to an activating group) is 1. The number of rotatable bonds is 26. The van der Waals surface area contributed by atoms with Crippen LogP contribution in [0.3, 0.4) is 0 Å². The number of benzene rings is 1. The van der Waals surface area contributed by atoms with E-state index in [1.807, 2.05) is 49.2 Å². The molecule has 1 aromatic carbocycles. The number of alkyl halides is 4. The van der Waals surface area contributed by atoms with E-state index < -0.39 is 41.8 Å². The first-order chi connectivity index (χ1) is 34.5. The number of carboxylic acids is 3. The number of esters is 1. The number of ether oxygens (including phenoxy) is 1. The number of unbranched alkanes of at least 4 members (excludes halogenated alkanes) is 2. The molecular weight excluding hydrogens is 1080 g/mol. The van der Waals surface area contributed by atoms with Crippen LogP contribution in [0.2, 0.25) is 0 Å². The maximum absolute atomic E-state index is 12.1. The molecule has 0 saturated carbocycles. The minimum atomic E-state index is -3.58. The number of nitrogens with two attached hydrogens (primary N) is 1. The summed E-state index contributed by atoms with van der Waals surface area (Å²) < 4.78 is 51.0. The molecule has 0 aliphatic carbocycles. The first-order valence-electron chi connectivity index (χ1n) is 24.2. The summed E-state index contributed by atoms with van der Waals surface area (Å²) in [5, 5.41) is 46.1. The minimum Gasteiger partial charge on any atom is -0.508 e. The first-order valence-corrected chi connectivity index (χ1v) is 29.6. The summed E-state index contributed by atoms with van der Waals surface area (Å²) in [5.74, 6) is -9.49. The van der Waals surface area contributed by atoms with Crippen molar-refractivity contribution in [1.82, 2.24) is 16.0 Å². The highest BCUT2D eigenvalue weighted by molar-refractivity contribution is 8.77. The molecule has 2 fully saturated rings. The number of carbonyl (C=O) groups is 7. The molecule has 10 N–H and O–H groups in total. The first kappa shape index (κ1) is 70.5. The molecule has 5 unspecified atom stereocenters. The number of carbonyl (C=O) groups excluding carboxylic acids is 4. The van der Waals surface area contributed by atoms with E-state index in [1.165, 1.54) is 37.7 Å². The van der Waals surface area contributed by atoms with Crippen LogP contribution < -0.4 is 27.0 Å². The number of quaternary nitrogens is 1. The second-order valence-corrected chi connectivity index (χ2v) is 24.5. The molecule has 74 heavy (non-hydrogen) atoms. The van der Waals surface area contributed by atoms with E-state index in [9.17, 15) is 56.2 Å². The summed E-state index contributed by atoms with van der Waals surface area (Å²) in [6.07, 6.45) is 11.6. The Hall–Kier alpha value is -3.50. The summed E-state index contributed by atoms with van der Waals surface area (Å²) in [7, 11) is 14.2. The second kappa shape index (κ2) is 38.1. The number of anilines is 1. The number of nitrogens with zero attached hydrogens (tertiary/aromatic N) is 1. The van der Waals surface area contributed by atoms with Gasteiger partial charge in [0.15, 0.2) is 0 Å². The van der Waals surface area contributed by atoms with Gasteiger partial charge >= 0.3 is 35.7 Å². The fourth-order valence-corrected chi connectivity index (χ4v) is 12.6. The monoisotopic (exact) mass is 1160 g/mol. The standard InChI is InChI=1S/C16H29N3O4S3.C13H26NO2S2.C12H16N2O2.2C3H4F2O2/c17-12(16(22)23)5-3-8-18-15(21)13(10-24)19-14(20)6-2-1-4-11-7-9-25-26-11;1-14(2,3)9-10-16-13(15)7-5-4-6-12-8-11-17-18-12;1-8(15)13-5-4-9-7-14-12-3-2-10(16)6-11(9)12;2*1-3(4,5)2(6)7/h11-13,24H,1-10,17H2,(H,18,21)(H,19,20)(H,22,23);12H,4-11H2,1-3H3;2-3,6,9,14,16H,4-5,7H2,1H3,(H,13,15);2*1H3,(H,6,7)/q;+1;;;. The molecule has 426 valence electrons. The maximum Gasteiger partial charge on any atom is 0.374 e. The third kappa shape index (κ3) is 36.5. The molecule has 5 atom stereocenters. The fourth-order valence-electron chi connectivity index (χ4n) is 6.25. The Morgan fingerprint density at radius 2 is 1.38 bits per heavy atom. The molecule has 2 saturated heterocycles. The summed E-state index contributed by atoms with van der Waals surface area (Å²) in [4.78, 5) is 75.4.